The molecular weight excluding hydrogens is 344 g/mol. The molecule has 0 saturated heterocycles. The van der Waals surface area contributed by atoms with Gasteiger partial charge in [-0.15, -0.1) is 0 Å². The van der Waals surface area contributed by atoms with Crippen LogP contribution in [0.4, 0.5) is 4.79 Å². The molecule has 0 fully saturated rings. The van der Waals surface area contributed by atoms with Gasteiger partial charge in [0, 0.05) is 24.5 Å². The Kier molecular flexibility index (Phi) is 10.00. The summed E-state index contributed by atoms with van der Waals surface area (Å²) in [4.78, 5) is 37.0. The molecule has 0 heterocycles. The van der Waals surface area contributed by atoms with Gasteiger partial charge in [-0.3, -0.25) is 9.59 Å². The number of rotatable bonds is 9. The van der Waals surface area contributed by atoms with E-state index in [2.05, 4.69) is 21.3 Å². The molecule has 0 radical (unpaired) electrons. The highest BCUT2D eigenvalue weighted by molar-refractivity contribution is 5.93. The monoisotopic (exact) mass is 384 g/mol. The molecule has 7 heteroatoms. The summed E-state index contributed by atoms with van der Waals surface area (Å²) in [5.74, 6) is -0.0830. The van der Waals surface area contributed by atoms with Crippen LogP contribution in [-0.4, -0.2) is 48.9 Å². The second-order valence-corrected chi connectivity index (χ2v) is 9.44. The molecule has 0 aromatic heterocycles. The highest BCUT2D eigenvalue weighted by Gasteiger charge is 2.33. The van der Waals surface area contributed by atoms with Crippen molar-refractivity contribution in [3.05, 3.63) is 0 Å². The van der Waals surface area contributed by atoms with Crippen LogP contribution >= 0.6 is 0 Å². The van der Waals surface area contributed by atoms with Gasteiger partial charge in [-0.2, -0.15) is 0 Å². The van der Waals surface area contributed by atoms with Crippen molar-refractivity contribution in [3.8, 4) is 0 Å². The first-order valence-electron chi connectivity index (χ1n) is 9.77. The van der Waals surface area contributed by atoms with E-state index in [1.807, 2.05) is 55.4 Å². The number of urea groups is 1. The van der Waals surface area contributed by atoms with Crippen LogP contribution in [0.1, 0.15) is 68.2 Å². The number of nitrogens with one attached hydrogen (secondary N) is 4. The zero-order valence-electron chi connectivity index (χ0n) is 18.6. The summed E-state index contributed by atoms with van der Waals surface area (Å²) in [5.41, 5.74) is -0.774. The lowest BCUT2D eigenvalue weighted by Gasteiger charge is -2.32. The Morgan fingerprint density at radius 2 is 1.52 bits per heavy atom. The largest absolute Gasteiger partial charge is 0.345 e. The number of carbonyl (C=O) groups is 3. The van der Waals surface area contributed by atoms with Gasteiger partial charge in [0.25, 0.3) is 0 Å². The average molecular weight is 385 g/mol. The maximum Gasteiger partial charge on any atom is 0.314 e. The van der Waals surface area contributed by atoms with Crippen molar-refractivity contribution in [2.75, 3.05) is 13.6 Å². The Labute approximate surface area is 164 Å². The van der Waals surface area contributed by atoms with Crippen LogP contribution in [0.2, 0.25) is 0 Å². The number of hydrogen-bond donors (Lipinski definition) is 4. The number of hydrogen-bond acceptors (Lipinski definition) is 4. The van der Waals surface area contributed by atoms with Gasteiger partial charge >= 0.3 is 6.03 Å². The summed E-state index contributed by atoms with van der Waals surface area (Å²) < 4.78 is 0. The third kappa shape index (κ3) is 10.3. The van der Waals surface area contributed by atoms with Crippen LogP contribution in [0.15, 0.2) is 0 Å². The van der Waals surface area contributed by atoms with Crippen LogP contribution in [0.5, 0.6) is 0 Å². The molecule has 158 valence electrons. The second-order valence-electron chi connectivity index (χ2n) is 9.44. The molecule has 27 heavy (non-hydrogen) atoms. The number of amides is 3. The van der Waals surface area contributed by atoms with Gasteiger partial charge in [0.2, 0.25) is 5.91 Å². The normalized spacial score (nSPS) is 14.4. The SMILES string of the molecule is CNC(=O)NCCC[C@H](NC(=O)[C@@H](NC(C)(C)C)C(C)C)C(=O)C(C)(C)C. The second kappa shape index (κ2) is 10.6. The predicted octanol–water partition coefficient (Wildman–Crippen LogP) is 2.21. The van der Waals surface area contributed by atoms with E-state index in [-0.39, 0.29) is 35.2 Å². The number of ketones is 1. The number of carbonyl (C=O) groups excluding carboxylic acids is 3. The topological polar surface area (TPSA) is 99.3 Å². The zero-order chi connectivity index (χ0) is 21.4. The van der Waals surface area contributed by atoms with Crippen molar-refractivity contribution in [2.45, 2.75) is 85.9 Å². The maximum atomic E-state index is 12.9. The van der Waals surface area contributed by atoms with Gasteiger partial charge in [-0.1, -0.05) is 34.6 Å². The Morgan fingerprint density at radius 3 is 1.93 bits per heavy atom. The lowest BCUT2D eigenvalue weighted by molar-refractivity contribution is -0.134. The highest BCUT2D eigenvalue weighted by atomic mass is 16.2. The molecule has 0 saturated carbocycles. The summed E-state index contributed by atoms with van der Waals surface area (Å²) in [5, 5.41) is 11.5. The minimum atomic E-state index is -0.577. The van der Waals surface area contributed by atoms with Crippen molar-refractivity contribution in [3.63, 3.8) is 0 Å². The quantitative estimate of drug-likeness (QED) is 0.458. The zero-order valence-corrected chi connectivity index (χ0v) is 18.6. The van der Waals surface area contributed by atoms with E-state index in [0.29, 0.717) is 19.4 Å². The molecule has 7 nitrogen and oxygen atoms in total. The molecule has 0 aromatic rings. The third-order valence-electron chi connectivity index (χ3n) is 4.09. The first kappa shape index (κ1) is 25.4. The summed E-state index contributed by atoms with van der Waals surface area (Å²) in [6.07, 6.45) is 1.07. The van der Waals surface area contributed by atoms with Gasteiger partial charge in [-0.25, -0.2) is 4.79 Å². The molecule has 0 aromatic carbocycles. The molecule has 0 unspecified atom stereocenters. The van der Waals surface area contributed by atoms with Gasteiger partial charge in [-0.05, 0) is 39.5 Å². The molecule has 3 amide bonds. The molecule has 0 aliphatic carbocycles. The van der Waals surface area contributed by atoms with E-state index >= 15 is 0 Å². The smallest absolute Gasteiger partial charge is 0.314 e. The Hall–Kier alpha value is -1.63. The first-order chi connectivity index (χ1) is 12.2. The standard InChI is InChI=1S/C20H40N4O3/c1-13(2)15(24-20(6,7)8)17(26)23-14(16(25)19(3,4)5)11-10-12-22-18(27)21-9/h13-15,24H,10-12H2,1-9H3,(H,23,26)(H2,21,22,27)/t14-,15-/m0/s1. The Morgan fingerprint density at radius 1 is 0.963 bits per heavy atom. The van der Waals surface area contributed by atoms with Crippen molar-refractivity contribution in [1.82, 2.24) is 21.3 Å². The summed E-state index contributed by atoms with van der Waals surface area (Å²) in [6.45, 7) is 16.0. The van der Waals surface area contributed by atoms with Gasteiger partial charge in [0.05, 0.1) is 12.1 Å². The van der Waals surface area contributed by atoms with E-state index in [9.17, 15) is 14.4 Å². The molecule has 0 aliphatic heterocycles. The maximum absolute atomic E-state index is 12.9. The van der Waals surface area contributed by atoms with Gasteiger partial charge in [0.1, 0.15) is 0 Å². The fourth-order valence-electron chi connectivity index (χ4n) is 2.65. The summed E-state index contributed by atoms with van der Waals surface area (Å²) in [6, 6.07) is -1.22. The fraction of sp³-hybridized carbons (Fsp3) is 0.850. The van der Waals surface area contributed by atoms with E-state index in [1.54, 1.807) is 7.05 Å². The number of Topliss-reactive ketones (excluding diaryl/α,β-unsaturated/α-hetero) is 1. The van der Waals surface area contributed by atoms with Crippen LogP contribution in [0, 0.1) is 11.3 Å². The molecule has 0 rings (SSSR count). The Balaban J connectivity index is 5.12. The van der Waals surface area contributed by atoms with Crippen molar-refractivity contribution in [2.24, 2.45) is 11.3 Å². The lowest BCUT2D eigenvalue weighted by Crippen LogP contribution is -2.57. The van der Waals surface area contributed by atoms with Crippen LogP contribution < -0.4 is 21.3 Å². The van der Waals surface area contributed by atoms with E-state index in [1.165, 1.54) is 0 Å². The minimum absolute atomic E-state index is 0.00550. The minimum Gasteiger partial charge on any atom is -0.345 e. The Bertz CT molecular complexity index is 504. The van der Waals surface area contributed by atoms with Crippen molar-refractivity contribution in [1.29, 1.82) is 0 Å². The predicted molar refractivity (Wildman–Crippen MR) is 110 cm³/mol. The summed E-state index contributed by atoms with van der Waals surface area (Å²) >= 11 is 0. The average Bonchev–Trinajstić information content (AvgIpc) is 2.52. The summed E-state index contributed by atoms with van der Waals surface area (Å²) in [7, 11) is 1.55. The molecule has 0 spiro atoms. The molecule has 4 N–H and O–H groups in total. The van der Waals surface area contributed by atoms with E-state index < -0.39 is 11.5 Å². The fourth-order valence-corrected chi connectivity index (χ4v) is 2.65. The van der Waals surface area contributed by atoms with Gasteiger partial charge in [0.15, 0.2) is 5.78 Å². The molecule has 0 bridgehead atoms. The van der Waals surface area contributed by atoms with Crippen LogP contribution in [0.3, 0.4) is 0 Å². The van der Waals surface area contributed by atoms with Crippen molar-refractivity contribution < 1.29 is 14.4 Å². The first-order valence-corrected chi connectivity index (χ1v) is 9.77. The lowest BCUT2D eigenvalue weighted by atomic mass is 9.84. The van der Waals surface area contributed by atoms with E-state index in [0.717, 1.165) is 0 Å². The molecular formula is C20H40N4O3. The van der Waals surface area contributed by atoms with Crippen LogP contribution in [-0.2, 0) is 9.59 Å². The third-order valence-corrected chi connectivity index (χ3v) is 4.09. The van der Waals surface area contributed by atoms with Gasteiger partial charge < -0.3 is 21.3 Å². The molecule has 0 aliphatic rings. The van der Waals surface area contributed by atoms with E-state index in [4.69, 9.17) is 0 Å². The van der Waals surface area contributed by atoms with Crippen molar-refractivity contribution >= 4 is 17.7 Å². The highest BCUT2D eigenvalue weighted by Crippen LogP contribution is 2.19. The van der Waals surface area contributed by atoms with Crippen LogP contribution in [0.25, 0.3) is 0 Å². The molecule has 2 atom stereocenters.